The van der Waals surface area contributed by atoms with Gasteiger partial charge in [-0.15, -0.1) is 0 Å². The van der Waals surface area contributed by atoms with Crippen LogP contribution in [0.2, 0.25) is 10.0 Å². The lowest BCUT2D eigenvalue weighted by Crippen LogP contribution is -2.15. The summed E-state index contributed by atoms with van der Waals surface area (Å²) in [5.74, 6) is 0.221. The monoisotopic (exact) mass is 318 g/mol. The van der Waals surface area contributed by atoms with Gasteiger partial charge in [-0.1, -0.05) is 47.5 Å². The normalized spacial score (nSPS) is 12.7. The van der Waals surface area contributed by atoms with Crippen molar-refractivity contribution < 1.29 is 0 Å². The van der Waals surface area contributed by atoms with Crippen LogP contribution in [0.15, 0.2) is 48.7 Å². The van der Waals surface area contributed by atoms with Crippen molar-refractivity contribution in [3.8, 4) is 0 Å². The number of fused-ring (bicyclic) bond motifs is 1. The lowest BCUT2D eigenvalue weighted by atomic mass is 9.92. The lowest BCUT2D eigenvalue weighted by Gasteiger charge is -2.15. The zero-order valence-corrected chi connectivity index (χ0v) is 13.0. The van der Waals surface area contributed by atoms with Crippen LogP contribution in [0.5, 0.6) is 0 Å². The number of benzene rings is 2. The van der Waals surface area contributed by atoms with Gasteiger partial charge in [0.1, 0.15) is 0 Å². The molecule has 3 rings (SSSR count). The first-order valence-corrected chi connectivity index (χ1v) is 7.64. The Morgan fingerprint density at radius 1 is 1.05 bits per heavy atom. The van der Waals surface area contributed by atoms with Crippen molar-refractivity contribution in [3.63, 3.8) is 0 Å². The third-order valence-electron chi connectivity index (χ3n) is 3.84. The molecule has 0 aliphatic heterocycles. The number of rotatable bonds is 4. The summed E-state index contributed by atoms with van der Waals surface area (Å²) in [7, 11) is 0. The van der Waals surface area contributed by atoms with Crippen LogP contribution in [0, 0.1) is 0 Å². The minimum atomic E-state index is 0.221. The minimum Gasteiger partial charge on any atom is -0.361 e. The van der Waals surface area contributed by atoms with Gasteiger partial charge in [0.2, 0.25) is 0 Å². The topological polar surface area (TPSA) is 41.8 Å². The average Bonchev–Trinajstić information content (AvgIpc) is 2.91. The van der Waals surface area contributed by atoms with Crippen molar-refractivity contribution in [3.05, 3.63) is 69.8 Å². The van der Waals surface area contributed by atoms with Crippen LogP contribution in [0.4, 0.5) is 0 Å². The van der Waals surface area contributed by atoms with Crippen molar-refractivity contribution >= 4 is 34.1 Å². The Labute approximate surface area is 133 Å². The highest BCUT2D eigenvalue weighted by Crippen LogP contribution is 2.29. The van der Waals surface area contributed by atoms with Gasteiger partial charge in [-0.25, -0.2) is 0 Å². The van der Waals surface area contributed by atoms with Crippen LogP contribution in [-0.4, -0.2) is 11.5 Å². The maximum absolute atomic E-state index is 6.11. The third kappa shape index (κ3) is 2.93. The van der Waals surface area contributed by atoms with E-state index in [1.165, 1.54) is 10.9 Å². The number of aromatic amines is 1. The molecule has 0 saturated carbocycles. The van der Waals surface area contributed by atoms with Crippen molar-refractivity contribution in [1.29, 1.82) is 0 Å². The van der Waals surface area contributed by atoms with Gasteiger partial charge in [0, 0.05) is 23.0 Å². The zero-order valence-electron chi connectivity index (χ0n) is 11.4. The van der Waals surface area contributed by atoms with E-state index in [0.717, 1.165) is 17.5 Å². The van der Waals surface area contributed by atoms with E-state index in [2.05, 4.69) is 29.4 Å². The highest BCUT2D eigenvalue weighted by atomic mass is 35.5. The van der Waals surface area contributed by atoms with E-state index in [-0.39, 0.29) is 5.92 Å². The smallest absolute Gasteiger partial charge is 0.0595 e. The van der Waals surface area contributed by atoms with Gasteiger partial charge < -0.3 is 10.7 Å². The molecule has 3 N–H and O–H groups in total. The highest BCUT2D eigenvalue weighted by molar-refractivity contribution is 6.42. The minimum absolute atomic E-state index is 0.221. The Kier molecular flexibility index (Phi) is 4.20. The van der Waals surface area contributed by atoms with E-state index in [0.29, 0.717) is 16.6 Å². The molecule has 0 radical (unpaired) electrons. The van der Waals surface area contributed by atoms with Crippen LogP contribution in [0.1, 0.15) is 17.0 Å². The first kappa shape index (κ1) is 14.5. The Balaban J connectivity index is 1.92. The quantitative estimate of drug-likeness (QED) is 0.715. The third-order valence-corrected chi connectivity index (χ3v) is 4.58. The molecule has 0 aliphatic rings. The van der Waals surface area contributed by atoms with Gasteiger partial charge in [0.25, 0.3) is 0 Å². The Morgan fingerprint density at radius 3 is 2.62 bits per heavy atom. The van der Waals surface area contributed by atoms with Gasteiger partial charge in [-0.05, 0) is 42.3 Å². The number of hydrogen-bond donors (Lipinski definition) is 2. The van der Waals surface area contributed by atoms with E-state index in [4.69, 9.17) is 28.9 Å². The van der Waals surface area contributed by atoms with E-state index in [1.807, 2.05) is 24.3 Å². The number of H-pyrrole nitrogens is 1. The summed E-state index contributed by atoms with van der Waals surface area (Å²) in [6.45, 7) is 0.567. The Morgan fingerprint density at radius 2 is 1.86 bits per heavy atom. The van der Waals surface area contributed by atoms with Gasteiger partial charge in [0.15, 0.2) is 0 Å². The molecule has 1 heterocycles. The molecule has 0 bridgehead atoms. The predicted molar refractivity (Wildman–Crippen MR) is 90.3 cm³/mol. The van der Waals surface area contributed by atoms with Gasteiger partial charge in [-0.3, -0.25) is 0 Å². The van der Waals surface area contributed by atoms with Gasteiger partial charge in [-0.2, -0.15) is 0 Å². The second-order valence-corrected chi connectivity index (χ2v) is 5.98. The number of nitrogens with two attached hydrogens (primary N) is 1. The molecule has 0 spiro atoms. The second-order valence-electron chi connectivity index (χ2n) is 5.17. The molecular weight excluding hydrogens is 303 g/mol. The molecule has 0 saturated heterocycles. The average molecular weight is 319 g/mol. The fourth-order valence-corrected chi connectivity index (χ4v) is 2.98. The molecule has 2 nitrogen and oxygen atoms in total. The lowest BCUT2D eigenvalue weighted by molar-refractivity contribution is 0.697. The fraction of sp³-hybridized carbons (Fsp3) is 0.176. The number of hydrogen-bond acceptors (Lipinski definition) is 1. The molecule has 1 atom stereocenters. The van der Waals surface area contributed by atoms with Crippen LogP contribution < -0.4 is 5.73 Å². The van der Waals surface area contributed by atoms with E-state index in [9.17, 15) is 0 Å². The molecule has 0 aliphatic carbocycles. The molecule has 1 aromatic heterocycles. The number of nitrogens with one attached hydrogen (secondary N) is 1. The summed E-state index contributed by atoms with van der Waals surface area (Å²) in [5.41, 5.74) is 9.51. The molecule has 0 fully saturated rings. The first-order chi connectivity index (χ1) is 10.2. The van der Waals surface area contributed by atoms with E-state index < -0.39 is 0 Å². The summed E-state index contributed by atoms with van der Waals surface area (Å²) >= 11 is 12.1. The van der Waals surface area contributed by atoms with Crippen LogP contribution in [0.3, 0.4) is 0 Å². The summed E-state index contributed by atoms with van der Waals surface area (Å²) < 4.78 is 0. The number of aromatic nitrogens is 1. The number of halogens is 2. The highest BCUT2D eigenvalue weighted by Gasteiger charge is 2.14. The largest absolute Gasteiger partial charge is 0.361 e. The van der Waals surface area contributed by atoms with Crippen molar-refractivity contribution in [2.75, 3.05) is 6.54 Å². The SMILES string of the molecule is NCC(Cc1c[nH]c2ccccc12)c1ccc(Cl)c(Cl)c1. The standard InChI is InChI=1S/C17H16Cl2N2/c18-15-6-5-11(8-16(15)19)12(9-20)7-13-10-21-17-4-2-1-3-14(13)17/h1-6,8,10,12,21H,7,9,20H2. The second kappa shape index (κ2) is 6.10. The molecule has 2 aromatic carbocycles. The molecule has 3 aromatic rings. The Hall–Kier alpha value is -1.48. The number of para-hydroxylation sites is 1. The van der Waals surface area contributed by atoms with Crippen LogP contribution in [0.25, 0.3) is 10.9 Å². The summed E-state index contributed by atoms with van der Waals surface area (Å²) in [6, 6.07) is 14.0. The molecular formula is C17H16Cl2N2. The van der Waals surface area contributed by atoms with E-state index >= 15 is 0 Å². The Bertz CT molecular complexity index is 764. The first-order valence-electron chi connectivity index (χ1n) is 6.89. The van der Waals surface area contributed by atoms with Gasteiger partial charge in [0.05, 0.1) is 10.0 Å². The molecule has 4 heteroatoms. The molecule has 0 amide bonds. The van der Waals surface area contributed by atoms with Crippen molar-refractivity contribution in [1.82, 2.24) is 4.98 Å². The van der Waals surface area contributed by atoms with Crippen molar-refractivity contribution in [2.45, 2.75) is 12.3 Å². The maximum Gasteiger partial charge on any atom is 0.0595 e. The maximum atomic E-state index is 6.11. The van der Waals surface area contributed by atoms with E-state index in [1.54, 1.807) is 0 Å². The summed E-state index contributed by atoms with van der Waals surface area (Å²) in [6.07, 6.45) is 2.93. The fourth-order valence-electron chi connectivity index (χ4n) is 2.67. The van der Waals surface area contributed by atoms with Crippen LogP contribution >= 0.6 is 23.2 Å². The molecule has 21 heavy (non-hydrogen) atoms. The summed E-state index contributed by atoms with van der Waals surface area (Å²) in [4.78, 5) is 3.30. The summed E-state index contributed by atoms with van der Waals surface area (Å²) in [5, 5.41) is 2.39. The van der Waals surface area contributed by atoms with Gasteiger partial charge >= 0.3 is 0 Å². The molecule has 108 valence electrons. The van der Waals surface area contributed by atoms with Crippen LogP contribution in [-0.2, 0) is 6.42 Å². The molecule has 1 unspecified atom stereocenters. The zero-order chi connectivity index (χ0) is 14.8. The predicted octanol–water partition coefficient (Wildman–Crippen LogP) is 4.76. The van der Waals surface area contributed by atoms with Crippen molar-refractivity contribution in [2.24, 2.45) is 5.73 Å².